The number of urea groups is 1. The minimum atomic E-state index is -1.14. The zero-order valence-electron chi connectivity index (χ0n) is 10.9. The molecule has 21 heavy (non-hydrogen) atoms. The molecule has 0 unspecified atom stereocenters. The average Bonchev–Trinajstić information content (AvgIpc) is 2.80. The first-order valence-electron chi connectivity index (χ1n) is 5.79. The summed E-state index contributed by atoms with van der Waals surface area (Å²) in [5.41, 5.74) is 1.30. The summed E-state index contributed by atoms with van der Waals surface area (Å²) in [4.78, 5) is 22.9. The van der Waals surface area contributed by atoms with Gasteiger partial charge in [0, 0.05) is 5.69 Å². The van der Waals surface area contributed by atoms with Gasteiger partial charge in [-0.05, 0) is 42.7 Å². The van der Waals surface area contributed by atoms with Gasteiger partial charge in [-0.1, -0.05) is 0 Å². The number of aryl methyl sites for hydroxylation is 1. The Hall–Kier alpha value is -2.92. The smallest absolute Gasteiger partial charge is 0.340 e. The number of hydrogen-bond acceptors (Lipinski definition) is 5. The van der Waals surface area contributed by atoms with E-state index in [2.05, 4.69) is 15.0 Å². The Kier molecular flexibility index (Phi) is 4.15. The van der Waals surface area contributed by atoms with Gasteiger partial charge in [-0.15, -0.1) is 0 Å². The van der Waals surface area contributed by atoms with E-state index in [0.29, 0.717) is 16.9 Å². The molecule has 0 aliphatic rings. The topological polar surface area (TPSA) is 115 Å². The summed E-state index contributed by atoms with van der Waals surface area (Å²) < 4.78 is 3.90. The maximum absolute atomic E-state index is 11.8. The summed E-state index contributed by atoms with van der Waals surface area (Å²) in [6.07, 6.45) is 0. The van der Waals surface area contributed by atoms with Crippen LogP contribution in [-0.4, -0.2) is 21.5 Å². The standard InChI is InChI=1S/C13H10N4O3S/c1-7-10(12(18)19)11(21-17-7)16-13(20)15-9-4-2-8(6-14)3-5-9/h2-5H,1H3,(H,18,19)(H2,15,16,20). The molecule has 3 N–H and O–H groups in total. The molecule has 0 saturated heterocycles. The van der Waals surface area contributed by atoms with Crippen molar-refractivity contribution in [2.45, 2.75) is 6.92 Å². The van der Waals surface area contributed by atoms with Gasteiger partial charge in [0.15, 0.2) is 0 Å². The number of carbonyl (C=O) groups excluding carboxylic acids is 1. The Morgan fingerprint density at radius 3 is 2.52 bits per heavy atom. The summed E-state index contributed by atoms with van der Waals surface area (Å²) in [5, 5.41) is 22.9. The van der Waals surface area contributed by atoms with E-state index in [1.165, 1.54) is 0 Å². The second-order valence-corrected chi connectivity index (χ2v) is 4.82. The number of nitrogens with zero attached hydrogens (tertiary/aromatic N) is 2. The molecular formula is C13H10N4O3S. The van der Waals surface area contributed by atoms with Crippen LogP contribution in [-0.2, 0) is 0 Å². The lowest BCUT2D eigenvalue weighted by Crippen LogP contribution is -2.20. The Morgan fingerprint density at radius 2 is 1.95 bits per heavy atom. The predicted molar refractivity (Wildman–Crippen MR) is 77.6 cm³/mol. The number of rotatable bonds is 3. The number of carbonyl (C=O) groups is 2. The van der Waals surface area contributed by atoms with Crippen LogP contribution in [0.15, 0.2) is 24.3 Å². The summed E-state index contributed by atoms with van der Waals surface area (Å²) in [7, 11) is 0. The second kappa shape index (κ2) is 6.02. The third-order valence-electron chi connectivity index (χ3n) is 2.58. The lowest BCUT2D eigenvalue weighted by molar-refractivity contribution is 0.0697. The Bertz CT molecular complexity index is 731. The van der Waals surface area contributed by atoms with Gasteiger partial charge in [0.2, 0.25) is 0 Å². The minimum absolute atomic E-state index is 0.0185. The summed E-state index contributed by atoms with van der Waals surface area (Å²) in [6, 6.07) is 7.68. The molecule has 0 radical (unpaired) electrons. The minimum Gasteiger partial charge on any atom is -0.478 e. The van der Waals surface area contributed by atoms with Crippen LogP contribution in [0.3, 0.4) is 0 Å². The van der Waals surface area contributed by atoms with E-state index in [1.807, 2.05) is 6.07 Å². The van der Waals surface area contributed by atoms with Crippen LogP contribution >= 0.6 is 11.5 Å². The molecule has 1 aromatic carbocycles. The number of hydrogen-bond donors (Lipinski definition) is 3. The van der Waals surface area contributed by atoms with E-state index < -0.39 is 12.0 Å². The number of nitrogens with one attached hydrogen (secondary N) is 2. The Labute approximate surface area is 124 Å². The molecule has 0 aliphatic carbocycles. The van der Waals surface area contributed by atoms with Crippen molar-refractivity contribution >= 4 is 34.2 Å². The fourth-order valence-electron chi connectivity index (χ4n) is 1.60. The van der Waals surface area contributed by atoms with Crippen molar-refractivity contribution < 1.29 is 14.7 Å². The monoisotopic (exact) mass is 302 g/mol. The van der Waals surface area contributed by atoms with Crippen molar-refractivity contribution in [3.63, 3.8) is 0 Å². The number of aromatic carboxylic acids is 1. The molecule has 1 heterocycles. The van der Waals surface area contributed by atoms with E-state index in [-0.39, 0.29) is 10.6 Å². The van der Waals surface area contributed by atoms with Crippen LogP contribution in [0.25, 0.3) is 0 Å². The molecule has 2 aromatic rings. The van der Waals surface area contributed by atoms with E-state index >= 15 is 0 Å². The molecule has 0 bridgehead atoms. The highest BCUT2D eigenvalue weighted by molar-refractivity contribution is 7.11. The van der Waals surface area contributed by atoms with Crippen LogP contribution in [0.1, 0.15) is 21.6 Å². The number of nitriles is 1. The SMILES string of the molecule is Cc1nsc(NC(=O)Nc2ccc(C#N)cc2)c1C(=O)O. The highest BCUT2D eigenvalue weighted by atomic mass is 32.1. The van der Waals surface area contributed by atoms with E-state index in [0.717, 1.165) is 11.5 Å². The fourth-order valence-corrected chi connectivity index (χ4v) is 2.38. The zero-order chi connectivity index (χ0) is 15.4. The third kappa shape index (κ3) is 3.34. The van der Waals surface area contributed by atoms with Crippen molar-refractivity contribution in [3.8, 4) is 6.07 Å². The van der Waals surface area contributed by atoms with Crippen molar-refractivity contribution in [1.29, 1.82) is 5.26 Å². The highest BCUT2D eigenvalue weighted by Gasteiger charge is 2.19. The van der Waals surface area contributed by atoms with Crippen molar-refractivity contribution in [2.75, 3.05) is 10.6 Å². The van der Waals surface area contributed by atoms with Gasteiger partial charge in [-0.2, -0.15) is 9.64 Å². The molecule has 0 spiro atoms. The molecule has 8 heteroatoms. The number of carboxylic acids is 1. The summed E-state index contributed by atoms with van der Waals surface area (Å²) in [6.45, 7) is 1.56. The van der Waals surface area contributed by atoms with Gasteiger partial charge in [0.05, 0.1) is 17.3 Å². The zero-order valence-corrected chi connectivity index (χ0v) is 11.7. The third-order valence-corrected chi connectivity index (χ3v) is 3.43. The molecule has 2 amide bonds. The first-order chi connectivity index (χ1) is 10.0. The number of amides is 2. The maximum Gasteiger partial charge on any atom is 0.340 e. The van der Waals surface area contributed by atoms with E-state index in [9.17, 15) is 9.59 Å². The van der Waals surface area contributed by atoms with Crippen LogP contribution < -0.4 is 10.6 Å². The lowest BCUT2D eigenvalue weighted by atomic mass is 10.2. The predicted octanol–water partition coefficient (Wildman–Crippen LogP) is 2.67. The van der Waals surface area contributed by atoms with Crippen molar-refractivity contribution in [3.05, 3.63) is 41.1 Å². The van der Waals surface area contributed by atoms with Crippen molar-refractivity contribution in [2.24, 2.45) is 0 Å². The normalized spacial score (nSPS) is 9.71. The van der Waals surface area contributed by atoms with E-state index in [1.54, 1.807) is 31.2 Å². The summed E-state index contributed by atoms with van der Waals surface area (Å²) >= 11 is 0.904. The maximum atomic E-state index is 11.8. The first-order valence-corrected chi connectivity index (χ1v) is 6.56. The Morgan fingerprint density at radius 1 is 1.29 bits per heavy atom. The second-order valence-electron chi connectivity index (χ2n) is 4.05. The first kappa shape index (κ1) is 14.5. The molecule has 1 aromatic heterocycles. The van der Waals surface area contributed by atoms with Gasteiger partial charge in [0.1, 0.15) is 10.6 Å². The summed E-state index contributed by atoms with van der Waals surface area (Å²) in [5.74, 6) is -1.14. The molecule has 106 valence electrons. The molecule has 2 rings (SSSR count). The fraction of sp³-hybridized carbons (Fsp3) is 0.0769. The number of benzene rings is 1. The van der Waals surface area contributed by atoms with Crippen LogP contribution in [0, 0.1) is 18.3 Å². The quantitative estimate of drug-likeness (QED) is 0.806. The molecule has 0 atom stereocenters. The van der Waals surface area contributed by atoms with Gasteiger partial charge in [0.25, 0.3) is 0 Å². The van der Waals surface area contributed by atoms with Crippen molar-refractivity contribution in [1.82, 2.24) is 4.37 Å². The molecule has 7 nitrogen and oxygen atoms in total. The van der Waals surface area contributed by atoms with Gasteiger partial charge in [-0.25, -0.2) is 9.59 Å². The largest absolute Gasteiger partial charge is 0.478 e. The highest BCUT2D eigenvalue weighted by Crippen LogP contribution is 2.24. The van der Waals surface area contributed by atoms with Gasteiger partial charge < -0.3 is 10.4 Å². The molecular weight excluding hydrogens is 292 g/mol. The lowest BCUT2D eigenvalue weighted by Gasteiger charge is -2.06. The van der Waals surface area contributed by atoms with Crippen LogP contribution in [0.5, 0.6) is 0 Å². The molecule has 0 saturated carbocycles. The Balaban J connectivity index is 2.08. The molecule has 0 aliphatic heterocycles. The average molecular weight is 302 g/mol. The molecule has 0 fully saturated rings. The van der Waals surface area contributed by atoms with E-state index in [4.69, 9.17) is 10.4 Å². The van der Waals surface area contributed by atoms with Crippen LogP contribution in [0.2, 0.25) is 0 Å². The number of aromatic nitrogens is 1. The number of carboxylic acid groups (broad SMARTS) is 1. The number of anilines is 2. The van der Waals surface area contributed by atoms with Crippen LogP contribution in [0.4, 0.5) is 15.5 Å². The van der Waals surface area contributed by atoms with Gasteiger partial charge >= 0.3 is 12.0 Å². The van der Waals surface area contributed by atoms with Gasteiger partial charge in [-0.3, -0.25) is 5.32 Å².